The molecule has 1 aliphatic rings. The molecule has 0 aromatic heterocycles. The highest BCUT2D eigenvalue weighted by atomic mass is 16.5. The number of rotatable bonds is 0. The summed E-state index contributed by atoms with van der Waals surface area (Å²) in [5.41, 5.74) is -0.0839. The molecule has 1 atom stereocenters. The van der Waals surface area contributed by atoms with Crippen molar-refractivity contribution >= 4 is 0 Å². The molecular formula is C6H13NO. The lowest BCUT2D eigenvalue weighted by Gasteiger charge is -2.16. The van der Waals surface area contributed by atoms with Gasteiger partial charge < -0.3 is 4.74 Å². The van der Waals surface area contributed by atoms with E-state index >= 15 is 0 Å². The first-order valence-electron chi connectivity index (χ1n) is 3.02. The second-order valence-corrected chi connectivity index (χ2v) is 2.87. The van der Waals surface area contributed by atoms with E-state index in [0.717, 1.165) is 6.61 Å². The fraction of sp³-hybridized carbons (Fsp3) is 1.00. The average molecular weight is 115 g/mol. The van der Waals surface area contributed by atoms with Crippen LogP contribution in [0.15, 0.2) is 0 Å². The average Bonchev–Trinajstić information content (AvgIpc) is 1.82. The van der Waals surface area contributed by atoms with E-state index in [0.29, 0.717) is 6.04 Å². The lowest BCUT2D eigenvalue weighted by Crippen LogP contribution is -2.36. The zero-order valence-electron chi connectivity index (χ0n) is 5.69. The molecule has 0 aromatic rings. The van der Waals surface area contributed by atoms with Crippen LogP contribution in [0.25, 0.3) is 0 Å². The second-order valence-electron chi connectivity index (χ2n) is 2.87. The molecule has 2 nitrogen and oxygen atoms in total. The standard InChI is InChI=1S/C6H13NO/c1-5-4-8-6(2,3)7-5/h5,7H,4H2,1-3H3. The molecule has 48 valence electrons. The van der Waals surface area contributed by atoms with Crippen LogP contribution in [0.2, 0.25) is 0 Å². The van der Waals surface area contributed by atoms with Gasteiger partial charge >= 0.3 is 0 Å². The van der Waals surface area contributed by atoms with E-state index in [4.69, 9.17) is 4.74 Å². The van der Waals surface area contributed by atoms with E-state index in [2.05, 4.69) is 12.2 Å². The van der Waals surface area contributed by atoms with Gasteiger partial charge in [-0.2, -0.15) is 0 Å². The molecule has 8 heavy (non-hydrogen) atoms. The minimum atomic E-state index is -0.0839. The third-order valence-corrected chi connectivity index (χ3v) is 1.29. The summed E-state index contributed by atoms with van der Waals surface area (Å²) >= 11 is 0. The molecule has 1 saturated heterocycles. The van der Waals surface area contributed by atoms with Crippen molar-refractivity contribution in [1.82, 2.24) is 5.32 Å². The van der Waals surface area contributed by atoms with Crippen LogP contribution in [0, 0.1) is 0 Å². The fourth-order valence-corrected chi connectivity index (χ4v) is 1.01. The number of hydrogen-bond acceptors (Lipinski definition) is 2. The van der Waals surface area contributed by atoms with Crippen molar-refractivity contribution in [1.29, 1.82) is 0 Å². The van der Waals surface area contributed by atoms with E-state index in [9.17, 15) is 0 Å². The summed E-state index contributed by atoms with van der Waals surface area (Å²) in [6, 6.07) is 0.519. The number of ether oxygens (including phenoxy) is 1. The molecule has 0 aliphatic carbocycles. The maximum atomic E-state index is 5.34. The van der Waals surface area contributed by atoms with Crippen molar-refractivity contribution in [3.05, 3.63) is 0 Å². The molecule has 1 heterocycles. The van der Waals surface area contributed by atoms with Gasteiger partial charge in [0.15, 0.2) is 0 Å². The second kappa shape index (κ2) is 1.71. The van der Waals surface area contributed by atoms with E-state index in [1.54, 1.807) is 0 Å². The Balaban J connectivity index is 2.44. The molecule has 0 spiro atoms. The Morgan fingerprint density at radius 2 is 2.25 bits per heavy atom. The Hall–Kier alpha value is -0.0800. The summed E-state index contributed by atoms with van der Waals surface area (Å²) in [6.07, 6.45) is 0. The zero-order valence-corrected chi connectivity index (χ0v) is 5.69. The predicted octanol–water partition coefficient (Wildman–Crippen LogP) is 0.731. The van der Waals surface area contributed by atoms with Crippen LogP contribution in [0.5, 0.6) is 0 Å². The quantitative estimate of drug-likeness (QED) is 0.502. The van der Waals surface area contributed by atoms with E-state index in [-0.39, 0.29) is 5.72 Å². The largest absolute Gasteiger partial charge is 0.360 e. The third-order valence-electron chi connectivity index (χ3n) is 1.29. The lowest BCUT2D eigenvalue weighted by atomic mass is 10.3. The van der Waals surface area contributed by atoms with Gasteiger partial charge in [-0.3, -0.25) is 5.32 Å². The molecule has 1 N–H and O–H groups in total. The molecule has 0 bridgehead atoms. The van der Waals surface area contributed by atoms with Crippen molar-refractivity contribution in [3.8, 4) is 0 Å². The molecule has 0 aromatic carbocycles. The van der Waals surface area contributed by atoms with E-state index in [1.165, 1.54) is 0 Å². The zero-order chi connectivity index (χ0) is 6.20. The van der Waals surface area contributed by atoms with Gasteiger partial charge in [-0.1, -0.05) is 0 Å². The summed E-state index contributed by atoms with van der Waals surface area (Å²) in [4.78, 5) is 0. The Morgan fingerprint density at radius 1 is 1.62 bits per heavy atom. The summed E-state index contributed by atoms with van der Waals surface area (Å²) in [6.45, 7) is 7.04. The van der Waals surface area contributed by atoms with Crippen LogP contribution in [0.1, 0.15) is 20.8 Å². The van der Waals surface area contributed by atoms with Gasteiger partial charge in [-0.05, 0) is 20.8 Å². The summed E-state index contributed by atoms with van der Waals surface area (Å²) < 4.78 is 5.34. The molecule has 0 amide bonds. The monoisotopic (exact) mass is 115 g/mol. The molecular weight excluding hydrogens is 102 g/mol. The molecule has 1 aliphatic heterocycles. The molecule has 1 fully saturated rings. The Kier molecular flexibility index (Phi) is 1.29. The van der Waals surface area contributed by atoms with Crippen molar-refractivity contribution in [2.24, 2.45) is 0 Å². The van der Waals surface area contributed by atoms with Gasteiger partial charge in [-0.15, -0.1) is 0 Å². The number of nitrogens with one attached hydrogen (secondary N) is 1. The fourth-order valence-electron chi connectivity index (χ4n) is 1.01. The summed E-state index contributed by atoms with van der Waals surface area (Å²) in [5.74, 6) is 0. The Labute approximate surface area is 50.2 Å². The first-order valence-corrected chi connectivity index (χ1v) is 3.02. The molecule has 0 saturated carbocycles. The lowest BCUT2D eigenvalue weighted by molar-refractivity contribution is 0.0231. The minimum absolute atomic E-state index is 0.0839. The van der Waals surface area contributed by atoms with E-state index < -0.39 is 0 Å². The van der Waals surface area contributed by atoms with Crippen molar-refractivity contribution in [3.63, 3.8) is 0 Å². The van der Waals surface area contributed by atoms with Crippen molar-refractivity contribution < 1.29 is 4.74 Å². The van der Waals surface area contributed by atoms with E-state index in [1.807, 2.05) is 13.8 Å². The van der Waals surface area contributed by atoms with Crippen LogP contribution >= 0.6 is 0 Å². The maximum absolute atomic E-state index is 5.34. The molecule has 1 rings (SSSR count). The number of hydrogen-bond donors (Lipinski definition) is 1. The van der Waals surface area contributed by atoms with Crippen LogP contribution in [-0.2, 0) is 4.74 Å². The topological polar surface area (TPSA) is 21.3 Å². The first-order chi connectivity index (χ1) is 3.60. The molecule has 2 heteroatoms. The predicted molar refractivity (Wildman–Crippen MR) is 32.6 cm³/mol. The van der Waals surface area contributed by atoms with Gasteiger partial charge in [-0.25, -0.2) is 0 Å². The van der Waals surface area contributed by atoms with Gasteiger partial charge in [0.1, 0.15) is 5.72 Å². The third kappa shape index (κ3) is 1.20. The normalized spacial score (nSPS) is 35.6. The molecule has 0 radical (unpaired) electrons. The minimum Gasteiger partial charge on any atom is -0.360 e. The van der Waals surface area contributed by atoms with Gasteiger partial charge in [0.25, 0.3) is 0 Å². The van der Waals surface area contributed by atoms with Crippen LogP contribution < -0.4 is 5.32 Å². The Morgan fingerprint density at radius 3 is 2.38 bits per heavy atom. The van der Waals surface area contributed by atoms with Gasteiger partial charge in [0.2, 0.25) is 0 Å². The Bertz CT molecular complexity index is 90.5. The SMILES string of the molecule is CC1COC(C)(C)N1. The van der Waals surface area contributed by atoms with Crippen LogP contribution in [0.4, 0.5) is 0 Å². The maximum Gasteiger partial charge on any atom is 0.113 e. The van der Waals surface area contributed by atoms with Gasteiger partial charge in [0, 0.05) is 6.04 Å². The van der Waals surface area contributed by atoms with Crippen LogP contribution in [0.3, 0.4) is 0 Å². The smallest absolute Gasteiger partial charge is 0.113 e. The van der Waals surface area contributed by atoms with Crippen molar-refractivity contribution in [2.45, 2.75) is 32.5 Å². The highest BCUT2D eigenvalue weighted by Crippen LogP contribution is 2.12. The summed E-state index contributed by atoms with van der Waals surface area (Å²) in [5, 5.41) is 3.27. The first kappa shape index (κ1) is 6.05. The highest BCUT2D eigenvalue weighted by Gasteiger charge is 2.27. The van der Waals surface area contributed by atoms with Crippen molar-refractivity contribution in [2.75, 3.05) is 6.61 Å². The highest BCUT2D eigenvalue weighted by molar-refractivity contribution is 4.77. The van der Waals surface area contributed by atoms with Gasteiger partial charge in [0.05, 0.1) is 6.61 Å². The summed E-state index contributed by atoms with van der Waals surface area (Å²) in [7, 11) is 0. The van der Waals surface area contributed by atoms with Crippen LogP contribution in [-0.4, -0.2) is 18.4 Å². The molecule has 1 unspecified atom stereocenters.